The SMILES string of the molecule is [Cl][Ru+2][Cl].[NH-][C@H](c1ccccc1)[C@H]([NH-])c1ccccc1.c1ccc([PH+](c2ccccc2)c2ccc3ccccc3c2-c2c([PH+](c3ccccc3)c3ccccc3)ccc3ccccc23)cc1. The topological polar surface area (TPSA) is 47.6 Å². The predicted molar refractivity (Wildman–Crippen MR) is 286 cm³/mol. The van der Waals surface area contributed by atoms with Crippen molar-refractivity contribution >= 4 is 88.6 Å². The molecule has 7 heteroatoms. The van der Waals surface area contributed by atoms with Crippen LogP contribution < -0.4 is 31.8 Å². The van der Waals surface area contributed by atoms with Crippen LogP contribution in [0.4, 0.5) is 0 Å². The van der Waals surface area contributed by atoms with Gasteiger partial charge in [-0.3, -0.25) is 0 Å². The van der Waals surface area contributed by atoms with Gasteiger partial charge in [0, 0.05) is 11.1 Å². The number of hydrogen-bond donors (Lipinski definition) is 0. The molecule has 2 nitrogen and oxygen atoms in total. The summed E-state index contributed by atoms with van der Waals surface area (Å²) in [4.78, 5) is 0. The van der Waals surface area contributed by atoms with Crippen molar-refractivity contribution in [3.63, 3.8) is 0 Å². The van der Waals surface area contributed by atoms with Crippen LogP contribution in [-0.2, 0) is 15.1 Å². The molecule has 320 valence electrons. The second-order valence-electron chi connectivity index (χ2n) is 15.5. The third-order valence-electron chi connectivity index (χ3n) is 11.5. The summed E-state index contributed by atoms with van der Waals surface area (Å²) in [7, 11) is 6.97. The first-order valence-corrected chi connectivity index (χ1v) is 28.9. The molecule has 65 heavy (non-hydrogen) atoms. The summed E-state index contributed by atoms with van der Waals surface area (Å²) >= 11 is -0.346. The fraction of sp³-hybridized carbons (Fsp3) is 0.0345. The van der Waals surface area contributed by atoms with Crippen LogP contribution in [0, 0.1) is 0 Å². The Labute approximate surface area is 401 Å². The van der Waals surface area contributed by atoms with Crippen molar-refractivity contribution in [1.82, 2.24) is 0 Å². The molecule has 2 N–H and O–H groups in total. The first-order chi connectivity index (χ1) is 32.1. The molecule has 0 unspecified atom stereocenters. The third-order valence-corrected chi connectivity index (χ3v) is 17.1. The van der Waals surface area contributed by atoms with Crippen molar-refractivity contribution in [2.24, 2.45) is 0 Å². The van der Waals surface area contributed by atoms with E-state index in [-0.39, 0.29) is 15.1 Å². The van der Waals surface area contributed by atoms with Gasteiger partial charge in [-0.1, -0.05) is 205 Å². The first kappa shape index (κ1) is 46.2. The molecule has 10 aromatic rings. The number of benzene rings is 10. The Bertz CT molecular complexity index is 2740. The van der Waals surface area contributed by atoms with Crippen molar-refractivity contribution in [3.8, 4) is 11.1 Å². The minimum atomic E-state index is -1.37. The zero-order valence-electron chi connectivity index (χ0n) is 35.5. The maximum Gasteiger partial charge on any atom is 0.111 e. The molecule has 0 aliphatic rings. The predicted octanol–water partition coefficient (Wildman–Crippen LogP) is 14.6. The van der Waals surface area contributed by atoms with Crippen LogP contribution in [0.3, 0.4) is 0 Å². The van der Waals surface area contributed by atoms with Crippen LogP contribution in [0.15, 0.2) is 255 Å². The zero-order chi connectivity index (χ0) is 44.8. The summed E-state index contributed by atoms with van der Waals surface area (Å²) in [5, 5.41) is 13.6. The minimum Gasteiger partial charge on any atom is -0.672 e. The van der Waals surface area contributed by atoms with Gasteiger partial charge in [0.05, 0.1) is 15.8 Å². The summed E-state index contributed by atoms with van der Waals surface area (Å²) in [6.07, 6.45) is 0. The number of halogens is 2. The van der Waals surface area contributed by atoms with E-state index in [1.165, 1.54) is 64.5 Å². The van der Waals surface area contributed by atoms with Gasteiger partial charge < -0.3 is 11.5 Å². The molecular formula is C58H48Cl2N2P2Ru+2. The molecule has 10 rings (SSSR count). The van der Waals surface area contributed by atoms with Gasteiger partial charge in [-0.15, -0.1) is 12.1 Å². The molecule has 0 spiro atoms. The van der Waals surface area contributed by atoms with Crippen LogP contribution in [0.25, 0.3) is 44.1 Å². The van der Waals surface area contributed by atoms with Gasteiger partial charge in [-0.25, -0.2) is 0 Å². The van der Waals surface area contributed by atoms with Crippen LogP contribution in [0.5, 0.6) is 0 Å². The summed E-state index contributed by atoms with van der Waals surface area (Å²) in [6, 6.07) is 90.3. The van der Waals surface area contributed by atoms with Gasteiger partial charge >= 0.3 is 34.5 Å². The maximum absolute atomic E-state index is 8.07. The fourth-order valence-corrected chi connectivity index (χ4v) is 14.1. The second kappa shape index (κ2) is 23.2. The van der Waals surface area contributed by atoms with Gasteiger partial charge in [0.15, 0.2) is 0 Å². The van der Waals surface area contributed by atoms with Gasteiger partial charge in [-0.2, -0.15) is 0 Å². The van der Waals surface area contributed by atoms with E-state index in [2.05, 4.69) is 194 Å². The van der Waals surface area contributed by atoms with Gasteiger partial charge in [0.1, 0.15) is 31.8 Å². The average Bonchev–Trinajstić information content (AvgIpc) is 3.38. The third kappa shape index (κ3) is 11.0. The number of nitrogens with one attached hydrogen (secondary N) is 2. The minimum absolute atomic E-state index is 0.346. The van der Waals surface area contributed by atoms with E-state index in [9.17, 15) is 0 Å². The number of fused-ring (bicyclic) bond motifs is 2. The molecule has 10 aromatic carbocycles. The molecule has 0 saturated carbocycles. The molecule has 0 aliphatic carbocycles. The molecular weight excluding hydrogens is 959 g/mol. The van der Waals surface area contributed by atoms with E-state index in [0.717, 1.165) is 11.1 Å². The van der Waals surface area contributed by atoms with Gasteiger partial charge in [0.2, 0.25) is 0 Å². The van der Waals surface area contributed by atoms with Crippen LogP contribution in [0.2, 0.25) is 0 Å². The molecule has 0 saturated heterocycles. The first-order valence-electron chi connectivity index (χ1n) is 21.4. The molecule has 0 fully saturated rings. The molecule has 0 heterocycles. The molecule has 0 radical (unpaired) electrons. The van der Waals surface area contributed by atoms with E-state index >= 15 is 0 Å². The van der Waals surface area contributed by atoms with Crippen molar-refractivity contribution in [2.45, 2.75) is 12.1 Å². The van der Waals surface area contributed by atoms with Crippen LogP contribution in [0.1, 0.15) is 23.2 Å². The Kier molecular flexibility index (Phi) is 16.5. The Morgan fingerprint density at radius 1 is 0.308 bits per heavy atom. The summed E-state index contributed by atoms with van der Waals surface area (Å²) in [5.74, 6) is 0. The molecule has 0 aliphatic heterocycles. The van der Waals surface area contributed by atoms with Crippen molar-refractivity contribution in [2.75, 3.05) is 0 Å². The second-order valence-corrected chi connectivity index (χ2v) is 23.0. The van der Waals surface area contributed by atoms with E-state index in [1.54, 1.807) is 0 Å². The smallest absolute Gasteiger partial charge is 0.111 e. The Balaban J connectivity index is 0.000000253. The largest absolute Gasteiger partial charge is 0.672 e. The summed E-state index contributed by atoms with van der Waals surface area (Å²) < 4.78 is 0. The number of rotatable bonds is 10. The maximum atomic E-state index is 8.07. The summed E-state index contributed by atoms with van der Waals surface area (Å²) in [5.41, 5.74) is 20.7. The van der Waals surface area contributed by atoms with E-state index < -0.39 is 27.9 Å². The van der Waals surface area contributed by atoms with Gasteiger partial charge in [-0.05, 0) is 82.2 Å². The Morgan fingerprint density at radius 3 is 0.846 bits per heavy atom. The molecule has 0 aromatic heterocycles. The Hall–Kier alpha value is -5.30. The quantitative estimate of drug-likeness (QED) is 0.0968. The van der Waals surface area contributed by atoms with Crippen molar-refractivity contribution < 1.29 is 15.1 Å². The van der Waals surface area contributed by atoms with Gasteiger partial charge in [0.25, 0.3) is 0 Å². The average molecular weight is 1010 g/mol. The standard InChI is InChI=1S/C44H32P2.C14H14N2.2ClH.Ru/c1-5-19-35(20-6-1)45(36-21-7-2-8-22-36)41-31-29-33-17-13-15-27-39(33)43(41)44-40-28-16-14-18-34(40)30-32-42(44)46(37-23-9-3-10-24-37)38-25-11-4-12-26-38;15-13(11-7-3-1-4-8-11)14(16)12-9-5-2-6-10-12;;;/h1-32H;1-10,13-16H;2*1H;/q;-2;;;+4/t;13-,14-;;;/m.1.../s1. The monoisotopic (exact) mass is 1010 g/mol. The van der Waals surface area contributed by atoms with E-state index in [4.69, 9.17) is 30.8 Å². The van der Waals surface area contributed by atoms with Crippen LogP contribution >= 0.6 is 35.2 Å². The number of hydrogen-bond acceptors (Lipinski definition) is 0. The van der Waals surface area contributed by atoms with E-state index in [0.29, 0.717) is 0 Å². The Morgan fingerprint density at radius 2 is 0.554 bits per heavy atom. The zero-order valence-corrected chi connectivity index (χ0v) is 40.8. The van der Waals surface area contributed by atoms with Crippen molar-refractivity contribution in [1.29, 1.82) is 0 Å². The normalized spacial score (nSPS) is 11.9. The fourth-order valence-electron chi connectivity index (χ4n) is 8.58. The summed E-state index contributed by atoms with van der Waals surface area (Å²) in [6.45, 7) is 0. The van der Waals surface area contributed by atoms with E-state index in [1.807, 2.05) is 60.7 Å². The molecule has 2 atom stereocenters. The molecule has 0 bridgehead atoms. The van der Waals surface area contributed by atoms with Crippen molar-refractivity contribution in [3.05, 3.63) is 277 Å². The molecule has 0 amide bonds. The van der Waals surface area contributed by atoms with Crippen LogP contribution in [-0.4, -0.2) is 0 Å².